The van der Waals surface area contributed by atoms with Crippen LogP contribution in [0.3, 0.4) is 0 Å². The van der Waals surface area contributed by atoms with Gasteiger partial charge in [0.25, 0.3) is 0 Å². The molecule has 0 aliphatic carbocycles. The van der Waals surface area contributed by atoms with Crippen LogP contribution in [0.1, 0.15) is 5.56 Å². The monoisotopic (exact) mass is 288 g/mol. The normalized spacial score (nSPS) is 26.3. The van der Waals surface area contributed by atoms with Crippen LogP contribution < -0.4 is 0 Å². The highest BCUT2D eigenvalue weighted by molar-refractivity contribution is 5.35. The summed E-state index contributed by atoms with van der Waals surface area (Å²) in [5.74, 6) is 0. The Morgan fingerprint density at radius 2 is 1.71 bits per heavy atom. The summed E-state index contributed by atoms with van der Waals surface area (Å²) in [5.41, 5.74) is 2.18. The molecule has 1 aliphatic rings. The molecule has 21 heavy (non-hydrogen) atoms. The van der Waals surface area contributed by atoms with Gasteiger partial charge in [-0.25, -0.2) is 0 Å². The smallest absolute Gasteiger partial charge is 0.0988 e. The van der Waals surface area contributed by atoms with Crippen molar-refractivity contribution in [1.82, 2.24) is 9.47 Å². The Balaban J connectivity index is 1.71. The van der Waals surface area contributed by atoms with E-state index in [9.17, 15) is 15.3 Å². The molecule has 0 saturated carbocycles. The SMILES string of the molecule is OC[C@@H]1[C@@H](O)[C@@H](O)CN1Cc1ccc(-n2cccc2)cc1. The van der Waals surface area contributed by atoms with Crippen molar-refractivity contribution < 1.29 is 15.3 Å². The van der Waals surface area contributed by atoms with Gasteiger partial charge in [-0.05, 0) is 29.8 Å². The Labute approximate surface area is 123 Å². The van der Waals surface area contributed by atoms with E-state index >= 15 is 0 Å². The highest BCUT2D eigenvalue weighted by Gasteiger charge is 2.39. The van der Waals surface area contributed by atoms with E-state index in [1.807, 2.05) is 58.3 Å². The fourth-order valence-electron chi connectivity index (χ4n) is 2.88. The largest absolute Gasteiger partial charge is 0.395 e. The summed E-state index contributed by atoms with van der Waals surface area (Å²) in [6, 6.07) is 11.7. The van der Waals surface area contributed by atoms with Gasteiger partial charge in [0.1, 0.15) is 0 Å². The number of aliphatic hydroxyl groups excluding tert-OH is 3. The van der Waals surface area contributed by atoms with Gasteiger partial charge in [-0.3, -0.25) is 4.90 Å². The summed E-state index contributed by atoms with van der Waals surface area (Å²) in [6.45, 7) is 0.830. The molecule has 1 aromatic heterocycles. The molecule has 5 heteroatoms. The fourth-order valence-corrected chi connectivity index (χ4v) is 2.88. The first-order valence-corrected chi connectivity index (χ1v) is 7.12. The highest BCUT2D eigenvalue weighted by Crippen LogP contribution is 2.21. The molecule has 3 atom stereocenters. The van der Waals surface area contributed by atoms with Gasteiger partial charge in [-0.15, -0.1) is 0 Å². The molecule has 0 unspecified atom stereocenters. The van der Waals surface area contributed by atoms with E-state index in [0.717, 1.165) is 11.3 Å². The average Bonchev–Trinajstić information content (AvgIpc) is 3.10. The lowest BCUT2D eigenvalue weighted by molar-refractivity contribution is 0.0210. The molecule has 1 saturated heterocycles. The van der Waals surface area contributed by atoms with Gasteiger partial charge in [0.05, 0.1) is 24.9 Å². The number of likely N-dealkylation sites (tertiary alicyclic amines) is 1. The molecule has 3 N–H and O–H groups in total. The first-order chi connectivity index (χ1) is 10.2. The van der Waals surface area contributed by atoms with Crippen LogP contribution in [-0.2, 0) is 6.54 Å². The molecule has 2 aromatic rings. The summed E-state index contributed by atoms with van der Waals surface area (Å²) in [7, 11) is 0. The summed E-state index contributed by atoms with van der Waals surface area (Å²) >= 11 is 0. The Bertz CT molecular complexity index is 568. The first kappa shape index (κ1) is 14.3. The summed E-state index contributed by atoms with van der Waals surface area (Å²) < 4.78 is 2.03. The van der Waals surface area contributed by atoms with E-state index in [2.05, 4.69) is 0 Å². The topological polar surface area (TPSA) is 68.9 Å². The molecule has 0 amide bonds. The van der Waals surface area contributed by atoms with Gasteiger partial charge in [0.15, 0.2) is 0 Å². The van der Waals surface area contributed by atoms with Crippen molar-refractivity contribution in [1.29, 1.82) is 0 Å². The quantitative estimate of drug-likeness (QED) is 0.760. The molecule has 0 radical (unpaired) electrons. The second-order valence-corrected chi connectivity index (χ2v) is 5.49. The van der Waals surface area contributed by atoms with Gasteiger partial charge in [-0.1, -0.05) is 12.1 Å². The summed E-state index contributed by atoms with van der Waals surface area (Å²) in [6.07, 6.45) is 2.31. The Morgan fingerprint density at radius 3 is 2.33 bits per heavy atom. The Morgan fingerprint density at radius 1 is 1.05 bits per heavy atom. The molecule has 1 aliphatic heterocycles. The maximum atomic E-state index is 9.82. The number of nitrogens with zero attached hydrogens (tertiary/aromatic N) is 2. The zero-order chi connectivity index (χ0) is 14.8. The predicted octanol–water partition coefficient (Wildman–Crippen LogP) is 0.376. The number of hydrogen-bond donors (Lipinski definition) is 3. The third-order valence-electron chi connectivity index (χ3n) is 4.09. The van der Waals surface area contributed by atoms with Crippen molar-refractivity contribution in [2.45, 2.75) is 24.8 Å². The second kappa shape index (κ2) is 5.99. The lowest BCUT2D eigenvalue weighted by atomic mass is 10.1. The maximum absolute atomic E-state index is 9.82. The van der Waals surface area contributed by atoms with Gasteiger partial charge in [0, 0.05) is 31.2 Å². The highest BCUT2D eigenvalue weighted by atomic mass is 16.3. The summed E-state index contributed by atoms with van der Waals surface area (Å²) in [4.78, 5) is 1.92. The van der Waals surface area contributed by atoms with Gasteiger partial charge in [-0.2, -0.15) is 0 Å². The van der Waals surface area contributed by atoms with Crippen LogP contribution in [0, 0.1) is 0 Å². The van der Waals surface area contributed by atoms with E-state index in [4.69, 9.17) is 0 Å². The molecule has 3 rings (SSSR count). The lowest BCUT2D eigenvalue weighted by Gasteiger charge is -2.23. The fraction of sp³-hybridized carbons (Fsp3) is 0.375. The number of β-amino-alcohol motifs (C(OH)–C–C–N with tert-alkyl or cyclic N) is 1. The minimum Gasteiger partial charge on any atom is -0.395 e. The third-order valence-corrected chi connectivity index (χ3v) is 4.09. The third kappa shape index (κ3) is 2.87. The van der Waals surface area contributed by atoms with E-state index in [-0.39, 0.29) is 6.61 Å². The van der Waals surface area contributed by atoms with Crippen molar-refractivity contribution in [3.05, 3.63) is 54.4 Å². The molecule has 112 valence electrons. The van der Waals surface area contributed by atoms with Gasteiger partial charge >= 0.3 is 0 Å². The average molecular weight is 288 g/mol. The second-order valence-electron chi connectivity index (χ2n) is 5.49. The number of aromatic nitrogens is 1. The molecule has 0 spiro atoms. The lowest BCUT2D eigenvalue weighted by Crippen LogP contribution is -2.38. The zero-order valence-electron chi connectivity index (χ0n) is 11.7. The standard InChI is InChI=1S/C16H20N2O3/c19-11-14-16(21)15(20)10-18(14)9-12-3-5-13(6-4-12)17-7-1-2-8-17/h1-8,14-16,19-21H,9-11H2/t14-,15+,16-/m1/s1. The van der Waals surface area contributed by atoms with Crippen LogP contribution in [0.15, 0.2) is 48.8 Å². The van der Waals surface area contributed by atoms with E-state index < -0.39 is 18.2 Å². The Kier molecular flexibility index (Phi) is 4.07. The number of rotatable bonds is 4. The minimum atomic E-state index is -0.880. The van der Waals surface area contributed by atoms with Crippen LogP contribution in [0.25, 0.3) is 5.69 Å². The predicted molar refractivity (Wildman–Crippen MR) is 79.1 cm³/mol. The van der Waals surface area contributed by atoms with Crippen LogP contribution in [-0.4, -0.2) is 56.2 Å². The minimum absolute atomic E-state index is 0.153. The summed E-state index contributed by atoms with van der Waals surface area (Å²) in [5, 5.41) is 28.9. The molecule has 1 fully saturated rings. The molecule has 2 heterocycles. The van der Waals surface area contributed by atoms with Crippen molar-refractivity contribution in [2.75, 3.05) is 13.2 Å². The number of benzene rings is 1. The van der Waals surface area contributed by atoms with Crippen LogP contribution >= 0.6 is 0 Å². The van der Waals surface area contributed by atoms with Gasteiger partial charge < -0.3 is 19.9 Å². The number of aliphatic hydroxyl groups is 3. The molecule has 5 nitrogen and oxygen atoms in total. The maximum Gasteiger partial charge on any atom is 0.0988 e. The van der Waals surface area contributed by atoms with Gasteiger partial charge in [0.2, 0.25) is 0 Å². The van der Waals surface area contributed by atoms with Crippen molar-refractivity contribution >= 4 is 0 Å². The zero-order valence-corrected chi connectivity index (χ0v) is 11.7. The molecular formula is C16H20N2O3. The van der Waals surface area contributed by atoms with Crippen molar-refractivity contribution in [3.8, 4) is 5.69 Å². The van der Waals surface area contributed by atoms with Crippen LogP contribution in [0.4, 0.5) is 0 Å². The molecular weight excluding hydrogens is 268 g/mol. The molecule has 0 bridgehead atoms. The van der Waals surface area contributed by atoms with Crippen molar-refractivity contribution in [3.63, 3.8) is 0 Å². The van der Waals surface area contributed by atoms with Crippen LogP contribution in [0.2, 0.25) is 0 Å². The van der Waals surface area contributed by atoms with E-state index in [1.165, 1.54) is 0 Å². The van der Waals surface area contributed by atoms with E-state index in [0.29, 0.717) is 13.1 Å². The van der Waals surface area contributed by atoms with E-state index in [1.54, 1.807) is 0 Å². The van der Waals surface area contributed by atoms with Crippen LogP contribution in [0.5, 0.6) is 0 Å². The Hall–Kier alpha value is -1.66. The number of hydrogen-bond acceptors (Lipinski definition) is 4. The van der Waals surface area contributed by atoms with Crippen molar-refractivity contribution in [2.24, 2.45) is 0 Å². The molecule has 1 aromatic carbocycles. The first-order valence-electron chi connectivity index (χ1n) is 7.12.